The fraction of sp³-hybridized carbons (Fsp3) is 0.130. The van der Waals surface area contributed by atoms with E-state index in [2.05, 4.69) is 5.32 Å². The van der Waals surface area contributed by atoms with Gasteiger partial charge in [-0.05, 0) is 42.8 Å². The maximum atomic E-state index is 12.4. The first-order valence-corrected chi connectivity index (χ1v) is 8.94. The van der Waals surface area contributed by atoms with Crippen molar-refractivity contribution in [1.82, 2.24) is 0 Å². The van der Waals surface area contributed by atoms with Gasteiger partial charge in [0.15, 0.2) is 0 Å². The second-order valence-electron chi connectivity index (χ2n) is 6.70. The maximum Gasteiger partial charge on any atom is 0.337 e. The van der Waals surface area contributed by atoms with Crippen molar-refractivity contribution in [1.29, 1.82) is 0 Å². The van der Waals surface area contributed by atoms with Crippen molar-refractivity contribution < 1.29 is 14.7 Å². The molecule has 0 atom stereocenters. The Morgan fingerprint density at radius 3 is 2.39 bits per heavy atom. The molecule has 142 valence electrons. The number of nitrogens with one attached hydrogen (secondary N) is 1. The van der Waals surface area contributed by atoms with Gasteiger partial charge in [0.2, 0.25) is 0 Å². The van der Waals surface area contributed by atoms with Gasteiger partial charge in [0.25, 0.3) is 5.91 Å². The van der Waals surface area contributed by atoms with E-state index in [0.717, 1.165) is 11.1 Å². The minimum absolute atomic E-state index is 0.139. The van der Waals surface area contributed by atoms with E-state index in [1.807, 2.05) is 61.3 Å². The van der Waals surface area contributed by atoms with Crippen LogP contribution < -0.4 is 10.2 Å². The summed E-state index contributed by atoms with van der Waals surface area (Å²) in [6.45, 7) is 2.49. The Labute approximate surface area is 164 Å². The van der Waals surface area contributed by atoms with Gasteiger partial charge >= 0.3 is 5.97 Å². The van der Waals surface area contributed by atoms with Crippen LogP contribution in [0.25, 0.3) is 0 Å². The van der Waals surface area contributed by atoms with E-state index in [0.29, 0.717) is 23.5 Å². The van der Waals surface area contributed by atoms with Gasteiger partial charge in [-0.25, -0.2) is 4.79 Å². The largest absolute Gasteiger partial charge is 0.478 e. The number of hydrogen-bond acceptors (Lipinski definition) is 3. The first kappa shape index (κ1) is 19.2. The average molecular weight is 374 g/mol. The Morgan fingerprint density at radius 1 is 0.964 bits per heavy atom. The molecular formula is C23H22N2O3. The van der Waals surface area contributed by atoms with E-state index >= 15 is 0 Å². The SMILES string of the molecule is Cc1cccc(C(=O)Nc2ccc(N(C)Cc3ccccc3)c(C(=O)O)c2)c1. The van der Waals surface area contributed by atoms with Gasteiger partial charge in [-0.2, -0.15) is 0 Å². The third-order valence-electron chi connectivity index (χ3n) is 4.44. The fourth-order valence-corrected chi connectivity index (χ4v) is 3.05. The van der Waals surface area contributed by atoms with Crippen molar-refractivity contribution in [3.63, 3.8) is 0 Å². The Balaban J connectivity index is 1.82. The van der Waals surface area contributed by atoms with Crippen LogP contribution >= 0.6 is 0 Å². The molecule has 0 aliphatic carbocycles. The molecule has 5 heteroatoms. The monoisotopic (exact) mass is 374 g/mol. The number of carbonyl (C=O) groups excluding carboxylic acids is 1. The lowest BCUT2D eigenvalue weighted by atomic mass is 10.1. The molecular weight excluding hydrogens is 352 g/mol. The Morgan fingerprint density at radius 2 is 1.71 bits per heavy atom. The molecule has 1 amide bonds. The van der Waals surface area contributed by atoms with Gasteiger partial charge in [-0.15, -0.1) is 0 Å². The lowest BCUT2D eigenvalue weighted by Crippen LogP contribution is -2.20. The molecule has 0 bridgehead atoms. The zero-order chi connectivity index (χ0) is 20.1. The standard InChI is InChI=1S/C23H22N2O3/c1-16-7-6-10-18(13-16)22(26)24-19-11-12-21(20(14-19)23(27)28)25(2)15-17-8-4-3-5-9-17/h3-14H,15H2,1-2H3,(H,24,26)(H,27,28). The van der Waals surface area contributed by atoms with E-state index in [-0.39, 0.29) is 11.5 Å². The number of aromatic carboxylic acids is 1. The lowest BCUT2D eigenvalue weighted by Gasteiger charge is -2.22. The van der Waals surface area contributed by atoms with Crippen LogP contribution in [-0.2, 0) is 6.54 Å². The molecule has 0 radical (unpaired) electrons. The molecule has 0 aliphatic rings. The Bertz CT molecular complexity index is 1000. The molecule has 28 heavy (non-hydrogen) atoms. The summed E-state index contributed by atoms with van der Waals surface area (Å²) in [6.07, 6.45) is 0. The maximum absolute atomic E-state index is 12.4. The minimum Gasteiger partial charge on any atom is -0.478 e. The van der Waals surface area contributed by atoms with Gasteiger partial charge in [-0.3, -0.25) is 4.79 Å². The molecule has 0 aromatic heterocycles. The van der Waals surface area contributed by atoms with Crippen molar-refractivity contribution in [3.05, 3.63) is 95.1 Å². The van der Waals surface area contributed by atoms with Crippen molar-refractivity contribution in [3.8, 4) is 0 Å². The number of rotatable bonds is 6. The smallest absolute Gasteiger partial charge is 0.337 e. The molecule has 0 heterocycles. The summed E-state index contributed by atoms with van der Waals surface area (Å²) in [6, 6.07) is 22.0. The number of hydrogen-bond donors (Lipinski definition) is 2. The molecule has 0 saturated heterocycles. The Hall–Kier alpha value is -3.60. The van der Waals surface area contributed by atoms with Gasteiger partial charge in [0.1, 0.15) is 0 Å². The van der Waals surface area contributed by atoms with Crippen LogP contribution in [0.5, 0.6) is 0 Å². The average Bonchev–Trinajstić information content (AvgIpc) is 2.68. The second kappa shape index (κ2) is 8.39. The number of benzene rings is 3. The highest BCUT2D eigenvalue weighted by Crippen LogP contribution is 2.25. The number of amides is 1. The Kier molecular flexibility index (Phi) is 5.75. The normalized spacial score (nSPS) is 10.4. The highest BCUT2D eigenvalue weighted by Gasteiger charge is 2.16. The summed E-state index contributed by atoms with van der Waals surface area (Å²) in [5, 5.41) is 12.4. The van der Waals surface area contributed by atoms with E-state index in [1.54, 1.807) is 24.3 Å². The summed E-state index contributed by atoms with van der Waals surface area (Å²) < 4.78 is 0. The van der Waals surface area contributed by atoms with Crippen LogP contribution in [-0.4, -0.2) is 24.0 Å². The molecule has 0 fully saturated rings. The van der Waals surface area contributed by atoms with Crippen LogP contribution in [0.3, 0.4) is 0 Å². The number of carbonyl (C=O) groups is 2. The van der Waals surface area contributed by atoms with Gasteiger partial charge in [0, 0.05) is 24.8 Å². The number of carboxylic acids is 1. The van der Waals surface area contributed by atoms with Gasteiger partial charge in [0.05, 0.1) is 11.3 Å². The van der Waals surface area contributed by atoms with Crippen molar-refractivity contribution in [2.24, 2.45) is 0 Å². The van der Waals surface area contributed by atoms with E-state index in [1.165, 1.54) is 6.07 Å². The second-order valence-corrected chi connectivity index (χ2v) is 6.70. The number of anilines is 2. The molecule has 0 unspecified atom stereocenters. The first-order chi connectivity index (χ1) is 13.4. The van der Waals surface area contributed by atoms with Crippen LogP contribution in [0.1, 0.15) is 31.8 Å². The lowest BCUT2D eigenvalue weighted by molar-refractivity contribution is 0.0697. The summed E-state index contributed by atoms with van der Waals surface area (Å²) in [5.74, 6) is -1.31. The van der Waals surface area contributed by atoms with Crippen LogP contribution in [0.4, 0.5) is 11.4 Å². The number of carboxylic acid groups (broad SMARTS) is 1. The van der Waals surface area contributed by atoms with Gasteiger partial charge < -0.3 is 15.3 Å². The van der Waals surface area contributed by atoms with E-state index in [4.69, 9.17) is 0 Å². The molecule has 3 aromatic rings. The molecule has 5 nitrogen and oxygen atoms in total. The van der Waals surface area contributed by atoms with Crippen molar-refractivity contribution in [2.45, 2.75) is 13.5 Å². The summed E-state index contributed by atoms with van der Waals surface area (Å²) in [5.41, 5.74) is 3.77. The van der Waals surface area contributed by atoms with Crippen molar-refractivity contribution >= 4 is 23.3 Å². The predicted octanol–water partition coefficient (Wildman–Crippen LogP) is 4.58. The zero-order valence-electron chi connectivity index (χ0n) is 15.8. The minimum atomic E-state index is -1.04. The topological polar surface area (TPSA) is 69.6 Å². The quantitative estimate of drug-likeness (QED) is 0.662. The highest BCUT2D eigenvalue weighted by atomic mass is 16.4. The molecule has 0 aliphatic heterocycles. The van der Waals surface area contributed by atoms with Crippen LogP contribution in [0, 0.1) is 6.92 Å². The van der Waals surface area contributed by atoms with Crippen LogP contribution in [0.15, 0.2) is 72.8 Å². The fourth-order valence-electron chi connectivity index (χ4n) is 3.05. The number of aryl methyl sites for hydroxylation is 1. The zero-order valence-corrected chi connectivity index (χ0v) is 15.8. The summed E-state index contributed by atoms with van der Waals surface area (Å²) in [4.78, 5) is 26.1. The third-order valence-corrected chi connectivity index (χ3v) is 4.44. The molecule has 0 spiro atoms. The molecule has 0 saturated carbocycles. The number of nitrogens with zero attached hydrogens (tertiary/aromatic N) is 1. The van der Waals surface area contributed by atoms with Gasteiger partial charge in [-0.1, -0.05) is 48.0 Å². The highest BCUT2D eigenvalue weighted by molar-refractivity contribution is 6.05. The van der Waals surface area contributed by atoms with E-state index < -0.39 is 5.97 Å². The third kappa shape index (κ3) is 4.57. The first-order valence-electron chi connectivity index (χ1n) is 8.94. The predicted molar refractivity (Wildman–Crippen MR) is 111 cm³/mol. The molecule has 3 aromatic carbocycles. The van der Waals surface area contributed by atoms with E-state index in [9.17, 15) is 14.7 Å². The summed E-state index contributed by atoms with van der Waals surface area (Å²) in [7, 11) is 1.85. The van der Waals surface area contributed by atoms with Crippen LogP contribution in [0.2, 0.25) is 0 Å². The molecule has 3 rings (SSSR count). The van der Waals surface area contributed by atoms with Crippen molar-refractivity contribution in [2.75, 3.05) is 17.3 Å². The molecule has 2 N–H and O–H groups in total. The summed E-state index contributed by atoms with van der Waals surface area (Å²) >= 11 is 0.